The van der Waals surface area contributed by atoms with Crippen LogP contribution in [-0.4, -0.2) is 9.38 Å². The molecule has 2 aromatic heterocycles. The molecule has 0 radical (unpaired) electrons. The molecule has 0 unspecified atom stereocenters. The Bertz CT molecular complexity index is 1380. The van der Waals surface area contributed by atoms with Gasteiger partial charge in [0.2, 0.25) is 0 Å². The second kappa shape index (κ2) is 9.18. The number of fused-ring (bicyclic) bond motifs is 1. The first-order valence-electron chi connectivity index (χ1n) is 11.0. The molecule has 0 aliphatic heterocycles. The molecule has 0 fully saturated rings. The minimum Gasteiger partial charge on any atom is -0.456 e. The van der Waals surface area contributed by atoms with Crippen LogP contribution in [-0.2, 0) is 13.1 Å². The van der Waals surface area contributed by atoms with E-state index in [0.717, 1.165) is 39.8 Å². The monoisotopic (exact) mass is 434 g/mol. The van der Waals surface area contributed by atoms with Crippen LogP contribution in [0.15, 0.2) is 97.2 Å². The number of pyridine rings is 1. The van der Waals surface area contributed by atoms with Crippen molar-refractivity contribution in [2.75, 3.05) is 5.32 Å². The second-order valence-corrected chi connectivity index (χ2v) is 7.94. The number of benzene rings is 3. The normalized spacial score (nSPS) is 11.0. The third-order valence-electron chi connectivity index (χ3n) is 5.76. The first kappa shape index (κ1) is 20.8. The number of imidazole rings is 1. The van der Waals surface area contributed by atoms with Crippen LogP contribution in [0.2, 0.25) is 0 Å². The molecule has 0 spiro atoms. The van der Waals surface area contributed by atoms with Crippen LogP contribution in [0.25, 0.3) is 16.8 Å². The highest BCUT2D eigenvalue weighted by Crippen LogP contribution is 2.33. The molecular formula is C28H26N4O. The van der Waals surface area contributed by atoms with E-state index >= 15 is 0 Å². The van der Waals surface area contributed by atoms with Crippen LogP contribution in [0.3, 0.4) is 0 Å². The first-order valence-corrected chi connectivity index (χ1v) is 11.0. The van der Waals surface area contributed by atoms with E-state index in [4.69, 9.17) is 10.5 Å². The molecule has 164 valence electrons. The van der Waals surface area contributed by atoms with Crippen LogP contribution in [0.5, 0.6) is 11.5 Å². The van der Waals surface area contributed by atoms with E-state index in [1.54, 1.807) is 0 Å². The van der Waals surface area contributed by atoms with Gasteiger partial charge in [0.15, 0.2) is 0 Å². The quantitative estimate of drug-likeness (QED) is 0.321. The number of nitrogens with zero attached hydrogens (tertiary/aromatic N) is 2. The fourth-order valence-electron chi connectivity index (χ4n) is 4.03. The average Bonchev–Trinajstić information content (AvgIpc) is 3.22. The largest absolute Gasteiger partial charge is 0.456 e. The molecule has 5 heteroatoms. The highest BCUT2D eigenvalue weighted by atomic mass is 16.5. The van der Waals surface area contributed by atoms with Crippen molar-refractivity contribution in [1.82, 2.24) is 9.38 Å². The van der Waals surface area contributed by atoms with Gasteiger partial charge in [0.25, 0.3) is 0 Å². The SMILES string of the molecule is Cc1c(Oc2ccc3nc(CN)c(NCc4ccccc4)n3c2)cccc1-c1ccccc1. The Morgan fingerprint density at radius 3 is 2.39 bits per heavy atom. The van der Waals surface area contributed by atoms with E-state index in [2.05, 4.69) is 47.6 Å². The van der Waals surface area contributed by atoms with Crippen molar-refractivity contribution in [2.45, 2.75) is 20.0 Å². The predicted octanol–water partition coefficient (Wildman–Crippen LogP) is 6.17. The molecule has 0 saturated heterocycles. The molecule has 2 heterocycles. The Hall–Kier alpha value is -4.09. The van der Waals surface area contributed by atoms with Crippen molar-refractivity contribution in [3.05, 3.63) is 114 Å². The van der Waals surface area contributed by atoms with Crippen molar-refractivity contribution in [2.24, 2.45) is 5.73 Å². The van der Waals surface area contributed by atoms with Gasteiger partial charge in [0, 0.05) is 13.1 Å². The third-order valence-corrected chi connectivity index (χ3v) is 5.76. The average molecular weight is 435 g/mol. The number of anilines is 1. The van der Waals surface area contributed by atoms with Gasteiger partial charge in [-0.2, -0.15) is 0 Å². The minimum absolute atomic E-state index is 0.354. The zero-order valence-corrected chi connectivity index (χ0v) is 18.5. The van der Waals surface area contributed by atoms with E-state index in [1.807, 2.05) is 71.3 Å². The van der Waals surface area contributed by atoms with Crippen molar-refractivity contribution < 1.29 is 4.74 Å². The summed E-state index contributed by atoms with van der Waals surface area (Å²) < 4.78 is 8.34. The van der Waals surface area contributed by atoms with Crippen LogP contribution in [0.1, 0.15) is 16.8 Å². The summed E-state index contributed by atoms with van der Waals surface area (Å²) in [6.45, 7) is 3.13. The van der Waals surface area contributed by atoms with Gasteiger partial charge in [-0.15, -0.1) is 0 Å². The summed E-state index contributed by atoms with van der Waals surface area (Å²) in [5.41, 5.74) is 12.3. The molecule has 0 amide bonds. The van der Waals surface area contributed by atoms with E-state index in [0.29, 0.717) is 13.1 Å². The highest BCUT2D eigenvalue weighted by molar-refractivity contribution is 5.70. The maximum atomic E-state index is 6.33. The van der Waals surface area contributed by atoms with Gasteiger partial charge in [-0.25, -0.2) is 4.98 Å². The van der Waals surface area contributed by atoms with Crippen LogP contribution in [0.4, 0.5) is 5.82 Å². The maximum absolute atomic E-state index is 6.33. The summed E-state index contributed by atoms with van der Waals surface area (Å²) >= 11 is 0. The third kappa shape index (κ3) is 4.31. The van der Waals surface area contributed by atoms with E-state index < -0.39 is 0 Å². The fourth-order valence-corrected chi connectivity index (χ4v) is 4.03. The Morgan fingerprint density at radius 1 is 0.879 bits per heavy atom. The summed E-state index contributed by atoms with van der Waals surface area (Å²) in [5.74, 6) is 2.45. The highest BCUT2D eigenvalue weighted by Gasteiger charge is 2.13. The van der Waals surface area contributed by atoms with Crippen molar-refractivity contribution in [1.29, 1.82) is 0 Å². The number of rotatable bonds is 7. The van der Waals surface area contributed by atoms with Crippen molar-refractivity contribution >= 4 is 11.5 Å². The number of nitrogens with two attached hydrogens (primary N) is 1. The summed E-state index contributed by atoms with van der Waals surface area (Å²) in [6.07, 6.45) is 1.96. The van der Waals surface area contributed by atoms with Crippen LogP contribution >= 0.6 is 0 Å². The molecule has 5 rings (SSSR count). The maximum Gasteiger partial charge on any atom is 0.144 e. The lowest BCUT2D eigenvalue weighted by Crippen LogP contribution is -2.07. The van der Waals surface area contributed by atoms with Crippen LogP contribution < -0.4 is 15.8 Å². The summed E-state index contributed by atoms with van der Waals surface area (Å²) in [7, 11) is 0. The molecular weight excluding hydrogens is 408 g/mol. The topological polar surface area (TPSA) is 64.6 Å². The van der Waals surface area contributed by atoms with Gasteiger partial charge >= 0.3 is 0 Å². The lowest BCUT2D eigenvalue weighted by molar-refractivity contribution is 0.476. The van der Waals surface area contributed by atoms with Gasteiger partial charge in [0.1, 0.15) is 23.0 Å². The Labute approximate surface area is 193 Å². The summed E-state index contributed by atoms with van der Waals surface area (Å²) in [6, 6.07) is 30.7. The molecule has 0 aliphatic rings. The molecule has 0 aliphatic carbocycles. The van der Waals surface area contributed by atoms with Crippen molar-refractivity contribution in [3.63, 3.8) is 0 Å². The van der Waals surface area contributed by atoms with E-state index in [-0.39, 0.29) is 0 Å². The van der Waals surface area contributed by atoms with Crippen LogP contribution in [0, 0.1) is 6.92 Å². The first-order chi connectivity index (χ1) is 16.2. The molecule has 3 aromatic carbocycles. The Morgan fingerprint density at radius 2 is 1.64 bits per heavy atom. The number of hydrogen-bond acceptors (Lipinski definition) is 4. The zero-order chi connectivity index (χ0) is 22.6. The van der Waals surface area contributed by atoms with Crippen molar-refractivity contribution in [3.8, 4) is 22.6 Å². The van der Waals surface area contributed by atoms with Gasteiger partial charge in [-0.1, -0.05) is 72.8 Å². The lowest BCUT2D eigenvalue weighted by Gasteiger charge is -2.14. The van der Waals surface area contributed by atoms with Gasteiger partial charge in [-0.3, -0.25) is 4.40 Å². The van der Waals surface area contributed by atoms with Gasteiger partial charge < -0.3 is 15.8 Å². The Balaban J connectivity index is 1.46. The van der Waals surface area contributed by atoms with Gasteiger partial charge in [-0.05, 0) is 47.4 Å². The Kier molecular flexibility index (Phi) is 5.79. The molecule has 5 nitrogen and oxygen atoms in total. The van der Waals surface area contributed by atoms with Gasteiger partial charge in [0.05, 0.1) is 11.9 Å². The second-order valence-electron chi connectivity index (χ2n) is 7.94. The van der Waals surface area contributed by atoms with E-state index in [1.165, 1.54) is 11.1 Å². The molecule has 0 atom stereocenters. The molecule has 0 saturated carbocycles. The minimum atomic E-state index is 0.354. The summed E-state index contributed by atoms with van der Waals surface area (Å²) in [4.78, 5) is 4.68. The number of aromatic nitrogens is 2. The predicted molar refractivity (Wildman–Crippen MR) is 134 cm³/mol. The summed E-state index contributed by atoms with van der Waals surface area (Å²) in [5, 5.41) is 3.50. The smallest absolute Gasteiger partial charge is 0.144 e. The number of nitrogens with one attached hydrogen (secondary N) is 1. The molecule has 33 heavy (non-hydrogen) atoms. The lowest BCUT2D eigenvalue weighted by atomic mass is 10.00. The molecule has 3 N–H and O–H groups in total. The standard InChI is InChI=1S/C28H26N4O/c1-20-24(22-11-6-3-7-12-22)13-8-14-26(20)33-23-15-16-27-31-25(17-29)28(32(27)19-23)30-18-21-9-4-2-5-10-21/h2-16,19,30H,17-18,29H2,1H3. The fraction of sp³-hybridized carbons (Fsp3) is 0.107. The zero-order valence-electron chi connectivity index (χ0n) is 18.5. The number of hydrogen-bond donors (Lipinski definition) is 2. The molecule has 0 bridgehead atoms. The molecule has 5 aromatic rings. The van der Waals surface area contributed by atoms with E-state index in [9.17, 15) is 0 Å². The number of ether oxygens (including phenoxy) is 1.